The maximum atomic E-state index is 15.6. The maximum Gasteiger partial charge on any atom is 0.132 e. The van der Waals surface area contributed by atoms with E-state index in [4.69, 9.17) is 4.99 Å². The highest BCUT2D eigenvalue weighted by atomic mass is 32.1. The van der Waals surface area contributed by atoms with Gasteiger partial charge in [-0.1, -0.05) is 112 Å². The average molecular weight is 648 g/mol. The zero-order chi connectivity index (χ0) is 32.8. The van der Waals surface area contributed by atoms with Crippen molar-refractivity contribution in [1.29, 1.82) is 0 Å². The molecule has 45 heavy (non-hydrogen) atoms. The molecule has 0 radical (unpaired) electrons. The first-order valence-corrected chi connectivity index (χ1v) is 18.8. The van der Waals surface area contributed by atoms with Crippen molar-refractivity contribution >= 4 is 45.5 Å². The van der Waals surface area contributed by atoms with Crippen LogP contribution >= 0.6 is 23.1 Å². The van der Waals surface area contributed by atoms with Crippen molar-refractivity contribution < 1.29 is 4.39 Å². The molecule has 0 aliphatic rings. The largest absolute Gasteiger partial charge is 0.252 e. The third-order valence-corrected chi connectivity index (χ3v) is 10.2. The van der Waals surface area contributed by atoms with Crippen molar-refractivity contribution in [2.75, 3.05) is 0 Å². The number of unbranched alkanes of at least 4 members (excludes halogenated alkanes) is 4. The second-order valence-electron chi connectivity index (χ2n) is 11.8. The molecule has 4 aromatic rings. The third-order valence-electron chi connectivity index (χ3n) is 8.56. The van der Waals surface area contributed by atoms with Gasteiger partial charge in [-0.3, -0.25) is 4.99 Å². The average Bonchev–Trinajstić information content (AvgIpc) is 3.73. The van der Waals surface area contributed by atoms with Gasteiger partial charge in [-0.05, 0) is 79.5 Å². The number of aromatic nitrogens is 2. The summed E-state index contributed by atoms with van der Waals surface area (Å²) in [5.74, 6) is 0.597. The molecule has 0 saturated carbocycles. The quantitative estimate of drug-likeness (QED) is 0.0845. The smallest absolute Gasteiger partial charge is 0.132 e. The van der Waals surface area contributed by atoms with Crippen LogP contribution in [-0.2, 0) is 6.42 Å². The Balaban J connectivity index is 0.00000271. The molecular weight excluding hydrogens is 594 g/mol. The van der Waals surface area contributed by atoms with Crippen LogP contribution in [0.1, 0.15) is 123 Å². The molecule has 0 bridgehead atoms. The standard InChI is InChI=1S/C37H48FN3S2.C2H6/c1-7-11-13-14-16-27(15-12-8-2)17-18-28-19-20-29(30(38)24-28)33-21-22-34(42-33)35-36(39-31(10-4)25(5)9-3)26(6)23-32-37(35)41-43-40-32;1-2/h19-24,27H,5,7-18H2,1-4,6H3;1-2H3. The first-order valence-electron chi connectivity index (χ1n) is 17.3. The lowest BCUT2D eigenvalue weighted by molar-refractivity contribution is 0.388. The maximum absolute atomic E-state index is 15.6. The summed E-state index contributed by atoms with van der Waals surface area (Å²) < 4.78 is 24.8. The number of allylic oxidation sites excluding steroid dienone is 1. The van der Waals surface area contributed by atoms with Gasteiger partial charge in [0, 0.05) is 26.6 Å². The van der Waals surface area contributed by atoms with Crippen LogP contribution in [0, 0.1) is 18.7 Å². The minimum absolute atomic E-state index is 0.144. The molecule has 0 aliphatic heterocycles. The van der Waals surface area contributed by atoms with Gasteiger partial charge < -0.3 is 0 Å². The molecule has 244 valence electrons. The van der Waals surface area contributed by atoms with E-state index in [1.165, 1.54) is 63.1 Å². The Morgan fingerprint density at radius 2 is 1.60 bits per heavy atom. The van der Waals surface area contributed by atoms with E-state index in [0.29, 0.717) is 5.56 Å². The number of nitrogens with zero attached hydrogens (tertiary/aromatic N) is 3. The van der Waals surface area contributed by atoms with Gasteiger partial charge in [0.2, 0.25) is 0 Å². The lowest BCUT2D eigenvalue weighted by Crippen LogP contribution is -2.03. The number of rotatable bonds is 17. The lowest BCUT2D eigenvalue weighted by atomic mass is 9.89. The van der Waals surface area contributed by atoms with E-state index in [9.17, 15) is 0 Å². The number of aryl methyl sites for hydroxylation is 2. The van der Waals surface area contributed by atoms with Crippen LogP contribution < -0.4 is 0 Å². The van der Waals surface area contributed by atoms with E-state index >= 15 is 4.39 Å². The van der Waals surface area contributed by atoms with E-state index in [2.05, 4.69) is 68.1 Å². The molecule has 2 aromatic carbocycles. The topological polar surface area (TPSA) is 38.1 Å². The normalized spacial score (nSPS) is 12.3. The van der Waals surface area contributed by atoms with Crippen LogP contribution in [0.2, 0.25) is 0 Å². The van der Waals surface area contributed by atoms with Crippen LogP contribution in [0.4, 0.5) is 10.1 Å². The second kappa shape index (κ2) is 19.1. The summed E-state index contributed by atoms with van der Waals surface area (Å²) in [6.07, 6.45) is 14.1. The second-order valence-corrected chi connectivity index (χ2v) is 13.4. The van der Waals surface area contributed by atoms with Gasteiger partial charge in [-0.25, -0.2) is 4.39 Å². The summed E-state index contributed by atoms with van der Waals surface area (Å²) in [4.78, 5) is 7.07. The number of hydrogen-bond donors (Lipinski definition) is 0. The fraction of sp³-hybridized carbons (Fsp3) is 0.513. The molecule has 0 N–H and O–H groups in total. The van der Waals surface area contributed by atoms with Crippen molar-refractivity contribution in [1.82, 2.24) is 8.75 Å². The minimum atomic E-state index is -0.144. The molecule has 0 spiro atoms. The Morgan fingerprint density at radius 1 is 0.867 bits per heavy atom. The number of fused-ring (bicyclic) bond motifs is 1. The van der Waals surface area contributed by atoms with E-state index in [-0.39, 0.29) is 5.82 Å². The molecule has 0 aliphatic carbocycles. The summed E-state index contributed by atoms with van der Waals surface area (Å²) in [7, 11) is 0. The Morgan fingerprint density at radius 3 is 2.29 bits per heavy atom. The van der Waals surface area contributed by atoms with E-state index in [1.54, 1.807) is 17.4 Å². The fourth-order valence-corrected chi connectivity index (χ4v) is 7.47. The molecule has 2 aromatic heterocycles. The molecule has 4 rings (SSSR count). The Bertz CT molecular complexity index is 1530. The lowest BCUT2D eigenvalue weighted by Gasteiger charge is -2.17. The molecule has 6 heteroatoms. The number of aliphatic imine (C=N–C) groups is 1. The first-order chi connectivity index (χ1) is 21.9. The van der Waals surface area contributed by atoms with Gasteiger partial charge in [0.15, 0.2) is 0 Å². The van der Waals surface area contributed by atoms with Gasteiger partial charge >= 0.3 is 0 Å². The SMILES string of the molecule is C=C(CC)C(CC)=Nc1c(C)cc2nsnc2c1-c1ccc(-c2ccc(CCC(CCCC)CCCCCC)cc2F)s1.CC. The Labute approximate surface area is 280 Å². The number of thiophene rings is 1. The van der Waals surface area contributed by atoms with Gasteiger partial charge in [0.05, 0.1) is 17.4 Å². The van der Waals surface area contributed by atoms with Gasteiger partial charge in [0.1, 0.15) is 16.9 Å². The van der Waals surface area contributed by atoms with Crippen LogP contribution in [0.15, 0.2) is 53.5 Å². The molecule has 0 saturated heterocycles. The molecule has 3 nitrogen and oxygen atoms in total. The Kier molecular flexibility index (Phi) is 15.6. The molecule has 1 unspecified atom stereocenters. The number of benzene rings is 2. The van der Waals surface area contributed by atoms with Crippen molar-refractivity contribution in [3.8, 4) is 20.9 Å². The predicted molar refractivity (Wildman–Crippen MR) is 199 cm³/mol. The summed E-state index contributed by atoms with van der Waals surface area (Å²) >= 11 is 2.81. The van der Waals surface area contributed by atoms with Crippen molar-refractivity contribution in [2.45, 2.75) is 126 Å². The minimum Gasteiger partial charge on any atom is -0.252 e. The molecule has 2 heterocycles. The zero-order valence-corrected chi connectivity index (χ0v) is 30.4. The van der Waals surface area contributed by atoms with Crippen molar-refractivity contribution in [2.24, 2.45) is 10.9 Å². The number of halogens is 1. The first kappa shape index (κ1) is 36.8. The summed E-state index contributed by atoms with van der Waals surface area (Å²) in [6.45, 7) is 19.1. The highest BCUT2D eigenvalue weighted by Crippen LogP contribution is 2.45. The van der Waals surface area contributed by atoms with E-state index in [0.717, 1.165) is 86.1 Å². The molecular formula is C39H54FN3S2. The monoisotopic (exact) mass is 647 g/mol. The van der Waals surface area contributed by atoms with Gasteiger partial charge in [0.25, 0.3) is 0 Å². The summed E-state index contributed by atoms with van der Waals surface area (Å²) in [5, 5.41) is 0. The fourth-order valence-electron chi connectivity index (χ4n) is 5.86. The summed E-state index contributed by atoms with van der Waals surface area (Å²) in [5.41, 5.74) is 8.46. The predicted octanol–water partition coefficient (Wildman–Crippen LogP) is 13.7. The van der Waals surface area contributed by atoms with E-state index < -0.39 is 0 Å². The highest BCUT2D eigenvalue weighted by molar-refractivity contribution is 7.19. The van der Waals surface area contributed by atoms with Crippen molar-refractivity contribution in [3.05, 3.63) is 65.5 Å². The Hall–Kier alpha value is -2.70. The number of hydrogen-bond acceptors (Lipinski definition) is 5. The molecule has 0 amide bonds. The van der Waals surface area contributed by atoms with Gasteiger partial charge in [-0.2, -0.15) is 8.75 Å². The van der Waals surface area contributed by atoms with Crippen molar-refractivity contribution in [3.63, 3.8) is 0 Å². The van der Waals surface area contributed by atoms with Gasteiger partial charge in [-0.15, -0.1) is 11.3 Å². The molecule has 0 fully saturated rings. The van der Waals surface area contributed by atoms with Crippen LogP contribution in [-0.4, -0.2) is 14.5 Å². The van der Waals surface area contributed by atoms with Crippen LogP contribution in [0.5, 0.6) is 0 Å². The molecule has 1 atom stereocenters. The van der Waals surface area contributed by atoms with E-state index in [1.807, 2.05) is 26.0 Å². The third kappa shape index (κ3) is 9.89. The van der Waals surface area contributed by atoms with Crippen LogP contribution in [0.25, 0.3) is 31.9 Å². The van der Waals surface area contributed by atoms with Crippen LogP contribution in [0.3, 0.4) is 0 Å². The highest BCUT2D eigenvalue weighted by Gasteiger charge is 2.20. The summed E-state index contributed by atoms with van der Waals surface area (Å²) in [6, 6.07) is 12.0. The zero-order valence-electron chi connectivity index (χ0n) is 28.8.